The summed E-state index contributed by atoms with van der Waals surface area (Å²) in [6.45, 7) is 5.86. The van der Waals surface area contributed by atoms with Crippen LogP contribution < -0.4 is 5.32 Å². The van der Waals surface area contributed by atoms with Crippen LogP contribution in [0.5, 0.6) is 0 Å². The molecule has 5 nitrogen and oxygen atoms in total. The van der Waals surface area contributed by atoms with E-state index in [1.165, 1.54) is 5.56 Å². The van der Waals surface area contributed by atoms with Crippen LogP contribution in [0.4, 0.5) is 0 Å². The van der Waals surface area contributed by atoms with E-state index in [9.17, 15) is 4.79 Å². The Bertz CT molecular complexity index is 1300. The topological polar surface area (TPSA) is 64.4 Å². The maximum atomic E-state index is 12.4. The lowest BCUT2D eigenvalue weighted by Gasteiger charge is -2.14. The summed E-state index contributed by atoms with van der Waals surface area (Å²) in [5.74, 6) is 0.710. The van der Waals surface area contributed by atoms with E-state index in [2.05, 4.69) is 83.3 Å². The number of ether oxygens (including phenoxy) is 1. The minimum atomic E-state index is -0.436. The van der Waals surface area contributed by atoms with Gasteiger partial charge in [-0.3, -0.25) is 4.79 Å². The molecule has 1 aliphatic rings. The second-order valence-electron chi connectivity index (χ2n) is 9.45. The zero-order valence-electron chi connectivity index (χ0n) is 20.9. The van der Waals surface area contributed by atoms with Gasteiger partial charge in [0.2, 0.25) is 0 Å². The van der Waals surface area contributed by atoms with E-state index >= 15 is 0 Å². The maximum absolute atomic E-state index is 12.4. The van der Waals surface area contributed by atoms with E-state index < -0.39 is 5.41 Å². The fraction of sp³-hybridized carbons (Fsp3) is 0.290. The van der Waals surface area contributed by atoms with E-state index in [1.807, 2.05) is 19.9 Å². The van der Waals surface area contributed by atoms with Gasteiger partial charge in [0, 0.05) is 17.7 Å². The van der Waals surface area contributed by atoms with Crippen LogP contribution in [0.15, 0.2) is 83.4 Å². The van der Waals surface area contributed by atoms with Gasteiger partial charge in [-0.15, -0.1) is 0 Å². The van der Waals surface area contributed by atoms with Crippen LogP contribution in [-0.4, -0.2) is 24.3 Å². The first-order valence-electron chi connectivity index (χ1n) is 12.7. The Morgan fingerprint density at radius 2 is 1.58 bits per heavy atom. The summed E-state index contributed by atoms with van der Waals surface area (Å²) in [7, 11) is 0. The fourth-order valence-corrected chi connectivity index (χ4v) is 4.72. The van der Waals surface area contributed by atoms with E-state index in [1.54, 1.807) is 0 Å². The van der Waals surface area contributed by atoms with Crippen LogP contribution in [0.1, 0.15) is 42.1 Å². The van der Waals surface area contributed by atoms with Crippen molar-refractivity contribution in [2.24, 2.45) is 0 Å². The quantitative estimate of drug-likeness (QED) is 0.215. The van der Waals surface area contributed by atoms with Gasteiger partial charge in [0.05, 0.1) is 17.7 Å². The van der Waals surface area contributed by atoms with Gasteiger partial charge in [0.15, 0.2) is 5.76 Å². The van der Waals surface area contributed by atoms with Crippen molar-refractivity contribution in [3.8, 4) is 22.5 Å². The SMILES string of the molecule is CCOC(=O)C1(c2ccc(-c3ccc(-c4onc(C)c4CNCCc4ccccc4)cc3)cc2)CC1. The summed E-state index contributed by atoms with van der Waals surface area (Å²) in [6, 6.07) is 27.2. The lowest BCUT2D eigenvalue weighted by atomic mass is 9.93. The molecular formula is C31H32N2O3. The number of aryl methyl sites for hydroxylation is 1. The van der Waals surface area contributed by atoms with E-state index in [4.69, 9.17) is 9.26 Å². The summed E-state index contributed by atoms with van der Waals surface area (Å²) in [6.07, 6.45) is 2.70. The molecule has 3 aromatic carbocycles. The summed E-state index contributed by atoms with van der Waals surface area (Å²) in [5.41, 5.74) is 7.17. The molecule has 4 aromatic rings. The Morgan fingerprint density at radius 1 is 0.944 bits per heavy atom. The Hall–Kier alpha value is -3.70. The molecule has 5 rings (SSSR count). The molecule has 1 N–H and O–H groups in total. The van der Waals surface area contributed by atoms with Crippen LogP contribution in [0, 0.1) is 6.92 Å². The van der Waals surface area contributed by atoms with Gasteiger partial charge in [0.1, 0.15) is 0 Å². The van der Waals surface area contributed by atoms with Crippen LogP contribution in [0.2, 0.25) is 0 Å². The number of carbonyl (C=O) groups excluding carboxylic acids is 1. The Balaban J connectivity index is 1.25. The molecular weight excluding hydrogens is 448 g/mol. The first kappa shape index (κ1) is 24.0. The lowest BCUT2D eigenvalue weighted by molar-refractivity contribution is -0.146. The van der Waals surface area contributed by atoms with Gasteiger partial charge >= 0.3 is 5.97 Å². The van der Waals surface area contributed by atoms with Crippen LogP contribution >= 0.6 is 0 Å². The second-order valence-corrected chi connectivity index (χ2v) is 9.45. The molecule has 0 bridgehead atoms. The molecule has 1 heterocycles. The molecule has 1 aliphatic carbocycles. The average Bonchev–Trinajstić information content (AvgIpc) is 3.66. The number of nitrogens with one attached hydrogen (secondary N) is 1. The van der Waals surface area contributed by atoms with Crippen LogP contribution in [0.25, 0.3) is 22.5 Å². The standard InChI is InChI=1S/C31H32N2O3/c1-3-35-30(34)31(18-19-31)27-15-13-25(14-16-27)24-9-11-26(12-10-24)29-28(22(2)33-36-29)21-32-20-17-23-7-5-4-6-8-23/h4-16,32H,3,17-21H2,1-2H3. The average molecular weight is 481 g/mol. The zero-order valence-corrected chi connectivity index (χ0v) is 20.9. The largest absolute Gasteiger partial charge is 0.465 e. The molecule has 184 valence electrons. The van der Waals surface area contributed by atoms with Crippen LogP contribution in [0.3, 0.4) is 0 Å². The van der Waals surface area contributed by atoms with Crippen molar-refractivity contribution in [3.63, 3.8) is 0 Å². The molecule has 0 amide bonds. The molecule has 5 heteroatoms. The molecule has 0 spiro atoms. The van der Waals surface area contributed by atoms with E-state index in [-0.39, 0.29) is 5.97 Å². The normalized spacial score (nSPS) is 13.9. The van der Waals surface area contributed by atoms with Gasteiger partial charge in [-0.25, -0.2) is 0 Å². The Labute approximate surface area is 212 Å². The molecule has 0 atom stereocenters. The number of rotatable bonds is 10. The fourth-order valence-electron chi connectivity index (χ4n) is 4.72. The van der Waals surface area contributed by atoms with Crippen molar-refractivity contribution in [2.45, 2.75) is 45.1 Å². The molecule has 1 aromatic heterocycles. The highest BCUT2D eigenvalue weighted by Crippen LogP contribution is 2.49. The second kappa shape index (κ2) is 10.5. The smallest absolute Gasteiger partial charge is 0.316 e. The number of aromatic nitrogens is 1. The third-order valence-electron chi connectivity index (χ3n) is 7.05. The van der Waals surface area contributed by atoms with Crippen molar-refractivity contribution >= 4 is 5.97 Å². The van der Waals surface area contributed by atoms with Gasteiger partial charge in [0.25, 0.3) is 0 Å². The molecule has 0 unspecified atom stereocenters. The number of benzene rings is 3. The highest BCUT2D eigenvalue weighted by molar-refractivity contribution is 5.87. The molecule has 36 heavy (non-hydrogen) atoms. The van der Waals surface area contributed by atoms with Crippen LogP contribution in [-0.2, 0) is 27.9 Å². The highest BCUT2D eigenvalue weighted by Gasteiger charge is 2.52. The van der Waals surface area contributed by atoms with Crippen molar-refractivity contribution in [1.82, 2.24) is 10.5 Å². The predicted molar refractivity (Wildman–Crippen MR) is 142 cm³/mol. The van der Waals surface area contributed by atoms with Gasteiger partial charge in [-0.05, 0) is 61.9 Å². The minimum Gasteiger partial charge on any atom is -0.465 e. The summed E-state index contributed by atoms with van der Waals surface area (Å²) in [5, 5.41) is 7.75. The summed E-state index contributed by atoms with van der Waals surface area (Å²) >= 11 is 0. The van der Waals surface area contributed by atoms with E-state index in [0.717, 1.165) is 65.1 Å². The molecule has 0 aliphatic heterocycles. The Morgan fingerprint density at radius 3 is 2.22 bits per heavy atom. The molecule has 0 radical (unpaired) electrons. The van der Waals surface area contributed by atoms with E-state index in [0.29, 0.717) is 13.2 Å². The number of esters is 1. The maximum Gasteiger partial charge on any atom is 0.316 e. The van der Waals surface area contributed by atoms with Gasteiger partial charge in [-0.2, -0.15) is 0 Å². The number of carbonyl (C=O) groups is 1. The zero-order chi connectivity index (χ0) is 25.0. The predicted octanol–water partition coefficient (Wildman–Crippen LogP) is 6.24. The minimum absolute atomic E-state index is 0.102. The highest BCUT2D eigenvalue weighted by atomic mass is 16.5. The van der Waals surface area contributed by atoms with Crippen molar-refractivity contribution in [3.05, 3.63) is 101 Å². The Kier molecular flexibility index (Phi) is 7.01. The summed E-state index contributed by atoms with van der Waals surface area (Å²) in [4.78, 5) is 12.4. The molecule has 1 fully saturated rings. The number of hydrogen-bond donors (Lipinski definition) is 1. The number of nitrogens with zero attached hydrogens (tertiary/aromatic N) is 1. The third-order valence-corrected chi connectivity index (χ3v) is 7.05. The van der Waals surface area contributed by atoms with Crippen molar-refractivity contribution in [2.75, 3.05) is 13.2 Å². The molecule has 0 saturated heterocycles. The summed E-state index contributed by atoms with van der Waals surface area (Å²) < 4.78 is 11.0. The van der Waals surface area contributed by atoms with Gasteiger partial charge in [-0.1, -0.05) is 84.0 Å². The van der Waals surface area contributed by atoms with Crippen molar-refractivity contribution < 1.29 is 14.1 Å². The third kappa shape index (κ3) is 4.98. The monoisotopic (exact) mass is 480 g/mol. The molecule has 1 saturated carbocycles. The first-order chi connectivity index (χ1) is 17.6. The first-order valence-corrected chi connectivity index (χ1v) is 12.7. The van der Waals surface area contributed by atoms with Crippen molar-refractivity contribution in [1.29, 1.82) is 0 Å². The lowest BCUT2D eigenvalue weighted by Crippen LogP contribution is -2.23. The number of hydrogen-bond acceptors (Lipinski definition) is 5. The van der Waals surface area contributed by atoms with Gasteiger partial charge < -0.3 is 14.6 Å².